The van der Waals surface area contributed by atoms with Crippen LogP contribution in [0.5, 0.6) is 11.7 Å². The molecule has 1 amide bonds. The number of ether oxygens (including phenoxy) is 2. The number of furan rings is 1. The van der Waals surface area contributed by atoms with Crippen molar-refractivity contribution in [3.63, 3.8) is 0 Å². The number of benzene rings is 1. The van der Waals surface area contributed by atoms with Gasteiger partial charge in [0.2, 0.25) is 0 Å². The molecule has 0 radical (unpaired) electrons. The number of hydrogen-bond acceptors (Lipinski definition) is 5. The van der Waals surface area contributed by atoms with Crippen molar-refractivity contribution in [1.82, 2.24) is 5.32 Å². The first-order chi connectivity index (χ1) is 12.2. The van der Waals surface area contributed by atoms with E-state index in [1.54, 1.807) is 12.1 Å². The second-order valence-corrected chi connectivity index (χ2v) is 6.65. The van der Waals surface area contributed by atoms with Crippen LogP contribution in [0.2, 0.25) is 0 Å². The Balaban J connectivity index is 1.93. The van der Waals surface area contributed by atoms with Gasteiger partial charge in [-0.3, -0.25) is 4.79 Å². The minimum Gasteiger partial charge on any atom is -0.480 e. The first-order valence-corrected chi connectivity index (χ1v) is 8.25. The van der Waals surface area contributed by atoms with Crippen molar-refractivity contribution in [2.24, 2.45) is 0 Å². The highest BCUT2D eigenvalue weighted by atomic mass is 16.6. The van der Waals surface area contributed by atoms with Crippen LogP contribution >= 0.6 is 0 Å². The Bertz CT molecular complexity index is 732. The summed E-state index contributed by atoms with van der Waals surface area (Å²) in [6.07, 6.45) is 0.145. The van der Waals surface area contributed by atoms with Crippen molar-refractivity contribution in [1.29, 1.82) is 0 Å². The first kappa shape index (κ1) is 19.5. The summed E-state index contributed by atoms with van der Waals surface area (Å²) in [7, 11) is 0. The summed E-state index contributed by atoms with van der Waals surface area (Å²) in [4.78, 5) is 23.6. The van der Waals surface area contributed by atoms with Gasteiger partial charge in [-0.05, 0) is 39.0 Å². The van der Waals surface area contributed by atoms with E-state index in [9.17, 15) is 14.7 Å². The largest absolute Gasteiger partial charge is 0.480 e. The van der Waals surface area contributed by atoms with Crippen LogP contribution < -0.4 is 10.1 Å². The molecule has 1 aromatic carbocycles. The van der Waals surface area contributed by atoms with E-state index in [0.717, 1.165) is 0 Å². The molecule has 7 heteroatoms. The SMILES string of the molecule is CC(C)(C)OCCC(NC(=O)c1ccc(Oc2ccccc2)o1)C(=O)O. The Kier molecular flexibility index (Phi) is 6.41. The Labute approximate surface area is 151 Å². The lowest BCUT2D eigenvalue weighted by molar-refractivity contribution is -0.140. The molecule has 1 atom stereocenters. The number of para-hydroxylation sites is 1. The van der Waals surface area contributed by atoms with E-state index < -0.39 is 17.9 Å². The molecule has 2 aromatic rings. The fourth-order valence-corrected chi connectivity index (χ4v) is 2.07. The van der Waals surface area contributed by atoms with E-state index in [0.29, 0.717) is 5.75 Å². The van der Waals surface area contributed by atoms with Crippen LogP contribution in [0.25, 0.3) is 0 Å². The zero-order valence-electron chi connectivity index (χ0n) is 15.0. The third kappa shape index (κ3) is 6.25. The Morgan fingerprint density at radius 1 is 1.15 bits per heavy atom. The van der Waals surface area contributed by atoms with Gasteiger partial charge in [0.1, 0.15) is 11.8 Å². The van der Waals surface area contributed by atoms with E-state index >= 15 is 0 Å². The minimum atomic E-state index is -1.14. The highest BCUT2D eigenvalue weighted by Crippen LogP contribution is 2.23. The van der Waals surface area contributed by atoms with Crippen molar-refractivity contribution in [2.45, 2.75) is 38.8 Å². The van der Waals surface area contributed by atoms with Gasteiger partial charge in [-0.2, -0.15) is 0 Å². The second kappa shape index (κ2) is 8.53. The van der Waals surface area contributed by atoms with Gasteiger partial charge in [0.25, 0.3) is 11.9 Å². The van der Waals surface area contributed by atoms with Gasteiger partial charge < -0.3 is 24.3 Å². The van der Waals surface area contributed by atoms with Crippen LogP contribution in [-0.4, -0.2) is 35.2 Å². The fraction of sp³-hybridized carbons (Fsp3) is 0.368. The molecule has 0 saturated carbocycles. The van der Waals surface area contributed by atoms with E-state index in [-0.39, 0.29) is 30.3 Å². The maximum Gasteiger partial charge on any atom is 0.326 e. The Morgan fingerprint density at radius 3 is 2.46 bits per heavy atom. The highest BCUT2D eigenvalue weighted by molar-refractivity contribution is 5.94. The molecule has 7 nitrogen and oxygen atoms in total. The smallest absolute Gasteiger partial charge is 0.326 e. The molecule has 2 rings (SSSR count). The van der Waals surface area contributed by atoms with E-state index in [4.69, 9.17) is 13.9 Å². The van der Waals surface area contributed by atoms with Crippen LogP contribution in [-0.2, 0) is 9.53 Å². The van der Waals surface area contributed by atoms with Crippen LogP contribution in [0.1, 0.15) is 37.7 Å². The quantitative estimate of drug-likeness (QED) is 0.747. The molecule has 1 heterocycles. The molecule has 0 aliphatic heterocycles. The average molecular weight is 361 g/mol. The predicted molar refractivity (Wildman–Crippen MR) is 94.4 cm³/mol. The predicted octanol–water partition coefficient (Wildman–Crippen LogP) is 3.46. The summed E-state index contributed by atoms with van der Waals surface area (Å²) in [5, 5.41) is 11.7. The van der Waals surface area contributed by atoms with Crippen molar-refractivity contribution >= 4 is 11.9 Å². The third-order valence-electron chi connectivity index (χ3n) is 3.31. The summed E-state index contributed by atoms with van der Waals surface area (Å²) < 4.78 is 16.3. The van der Waals surface area contributed by atoms with Crippen LogP contribution in [0.3, 0.4) is 0 Å². The number of carbonyl (C=O) groups excluding carboxylic acids is 1. The number of carboxylic acids is 1. The first-order valence-electron chi connectivity index (χ1n) is 8.25. The van der Waals surface area contributed by atoms with Crippen molar-refractivity contribution < 1.29 is 28.6 Å². The maximum absolute atomic E-state index is 12.2. The molecule has 140 valence electrons. The average Bonchev–Trinajstić information content (AvgIpc) is 3.02. The standard InChI is InChI=1S/C19H23NO6/c1-19(2,3)24-12-11-14(18(22)23)20-17(21)15-9-10-16(26-15)25-13-7-5-4-6-8-13/h4-10,14H,11-12H2,1-3H3,(H,20,21)(H,22,23). The lowest BCUT2D eigenvalue weighted by Gasteiger charge is -2.21. The molecular formula is C19H23NO6. The highest BCUT2D eigenvalue weighted by Gasteiger charge is 2.23. The lowest BCUT2D eigenvalue weighted by Crippen LogP contribution is -2.41. The normalized spacial score (nSPS) is 12.4. The van der Waals surface area contributed by atoms with Crippen molar-refractivity contribution in [3.05, 3.63) is 48.2 Å². The zero-order valence-corrected chi connectivity index (χ0v) is 15.0. The van der Waals surface area contributed by atoms with Gasteiger partial charge in [-0.15, -0.1) is 0 Å². The van der Waals surface area contributed by atoms with Crippen molar-refractivity contribution in [2.75, 3.05) is 6.61 Å². The van der Waals surface area contributed by atoms with Crippen LogP contribution in [0, 0.1) is 0 Å². The lowest BCUT2D eigenvalue weighted by atomic mass is 10.1. The number of rotatable bonds is 8. The Hall–Kier alpha value is -2.80. The summed E-state index contributed by atoms with van der Waals surface area (Å²) in [5.41, 5.74) is -0.377. The van der Waals surface area contributed by atoms with Gasteiger partial charge in [0.05, 0.1) is 5.60 Å². The van der Waals surface area contributed by atoms with Gasteiger partial charge in [0.15, 0.2) is 5.76 Å². The third-order valence-corrected chi connectivity index (χ3v) is 3.31. The molecule has 0 bridgehead atoms. The molecule has 0 spiro atoms. The number of carboxylic acid groups (broad SMARTS) is 1. The summed E-state index contributed by atoms with van der Waals surface area (Å²) >= 11 is 0. The summed E-state index contributed by atoms with van der Waals surface area (Å²) in [6, 6.07) is 10.8. The fourth-order valence-electron chi connectivity index (χ4n) is 2.07. The number of aliphatic carboxylic acids is 1. The van der Waals surface area contributed by atoms with Crippen LogP contribution in [0.15, 0.2) is 46.9 Å². The number of carbonyl (C=O) groups is 2. The summed E-state index contributed by atoms with van der Waals surface area (Å²) in [6.45, 7) is 5.83. The molecule has 0 saturated heterocycles. The molecular weight excluding hydrogens is 338 g/mol. The molecule has 0 fully saturated rings. The molecule has 1 aromatic heterocycles. The van der Waals surface area contributed by atoms with Gasteiger partial charge in [-0.1, -0.05) is 18.2 Å². The molecule has 26 heavy (non-hydrogen) atoms. The molecule has 0 aliphatic rings. The molecule has 2 N–H and O–H groups in total. The van der Waals surface area contributed by atoms with Crippen molar-refractivity contribution in [3.8, 4) is 11.7 Å². The van der Waals surface area contributed by atoms with Crippen LogP contribution in [0.4, 0.5) is 0 Å². The number of amides is 1. The van der Waals surface area contributed by atoms with E-state index in [1.807, 2.05) is 39.0 Å². The molecule has 0 aliphatic carbocycles. The van der Waals surface area contributed by atoms with Gasteiger partial charge in [-0.25, -0.2) is 4.79 Å². The second-order valence-electron chi connectivity index (χ2n) is 6.65. The monoisotopic (exact) mass is 361 g/mol. The maximum atomic E-state index is 12.2. The summed E-state index contributed by atoms with van der Waals surface area (Å²) in [5.74, 6) is -1.08. The van der Waals surface area contributed by atoms with Gasteiger partial charge in [0, 0.05) is 19.1 Å². The minimum absolute atomic E-state index is 0.0288. The van der Waals surface area contributed by atoms with E-state index in [1.165, 1.54) is 12.1 Å². The number of nitrogens with one attached hydrogen (secondary N) is 1. The topological polar surface area (TPSA) is 98.0 Å². The van der Waals surface area contributed by atoms with E-state index in [2.05, 4.69) is 5.32 Å². The number of hydrogen-bond donors (Lipinski definition) is 2. The molecule has 1 unspecified atom stereocenters. The zero-order chi connectivity index (χ0) is 19.2. The van der Waals surface area contributed by atoms with Gasteiger partial charge >= 0.3 is 5.97 Å². The Morgan fingerprint density at radius 2 is 1.85 bits per heavy atom.